The van der Waals surface area contributed by atoms with E-state index in [4.69, 9.17) is 11.6 Å². The highest BCUT2D eigenvalue weighted by atomic mass is 35.5. The minimum atomic E-state index is -3.42. The number of thiophene rings is 1. The molecule has 1 amide bonds. The first-order chi connectivity index (χ1) is 15.8. The topological polar surface area (TPSA) is 66.5 Å². The number of anilines is 1. The van der Waals surface area contributed by atoms with E-state index in [1.165, 1.54) is 11.1 Å². The van der Waals surface area contributed by atoms with Gasteiger partial charge in [-0.3, -0.25) is 9.69 Å². The third kappa shape index (κ3) is 6.44. The number of halogens is 1. The molecule has 1 aromatic heterocycles. The molecule has 0 spiro atoms. The third-order valence-electron chi connectivity index (χ3n) is 5.82. The summed E-state index contributed by atoms with van der Waals surface area (Å²) in [4.78, 5) is 14.8. The Kier molecular flexibility index (Phi) is 7.54. The molecule has 1 fully saturated rings. The monoisotopic (exact) mass is 502 g/mol. The summed E-state index contributed by atoms with van der Waals surface area (Å²) in [6.07, 6.45) is 1.91. The fourth-order valence-electron chi connectivity index (χ4n) is 4.11. The zero-order valence-corrected chi connectivity index (χ0v) is 20.8. The van der Waals surface area contributed by atoms with Gasteiger partial charge in [-0.05, 0) is 74.2 Å². The molecule has 0 aliphatic carbocycles. The molecule has 1 atom stereocenters. The molecule has 174 valence electrons. The summed E-state index contributed by atoms with van der Waals surface area (Å²) >= 11 is 6.97. The van der Waals surface area contributed by atoms with Crippen LogP contribution in [0.2, 0.25) is 5.02 Å². The van der Waals surface area contributed by atoms with Crippen molar-refractivity contribution in [2.45, 2.75) is 30.5 Å². The van der Waals surface area contributed by atoms with Crippen molar-refractivity contribution in [3.63, 3.8) is 0 Å². The van der Waals surface area contributed by atoms with Crippen molar-refractivity contribution in [2.75, 3.05) is 24.2 Å². The molecule has 2 aromatic carbocycles. The Morgan fingerprint density at radius 1 is 1.09 bits per heavy atom. The number of carbonyl (C=O) groups excluding carboxylic acids is 1. The van der Waals surface area contributed by atoms with Gasteiger partial charge in [0.05, 0.1) is 10.8 Å². The highest BCUT2D eigenvalue weighted by Gasteiger charge is 2.27. The lowest BCUT2D eigenvalue weighted by Gasteiger charge is -2.32. The fourth-order valence-corrected chi connectivity index (χ4v) is 7.19. The molecule has 33 heavy (non-hydrogen) atoms. The number of rotatable bonds is 7. The molecule has 1 N–H and O–H groups in total. The van der Waals surface area contributed by atoms with Crippen LogP contribution in [0.5, 0.6) is 0 Å². The van der Waals surface area contributed by atoms with Gasteiger partial charge in [-0.25, -0.2) is 8.42 Å². The Morgan fingerprint density at radius 3 is 2.55 bits per heavy atom. The minimum Gasteiger partial charge on any atom is -0.314 e. The van der Waals surface area contributed by atoms with E-state index in [1.54, 1.807) is 36.4 Å². The molecular weight excluding hydrogens is 476 g/mol. The van der Waals surface area contributed by atoms with Gasteiger partial charge in [-0.1, -0.05) is 41.4 Å². The summed E-state index contributed by atoms with van der Waals surface area (Å²) in [7, 11) is -3.42. The van der Waals surface area contributed by atoms with Crippen LogP contribution in [0.25, 0.3) is 0 Å². The van der Waals surface area contributed by atoms with E-state index < -0.39 is 9.84 Å². The lowest BCUT2D eigenvalue weighted by atomic mass is 9.99. The number of amides is 1. The number of benzene rings is 2. The molecule has 3 aromatic rings. The zero-order chi connectivity index (χ0) is 23.4. The van der Waals surface area contributed by atoms with Crippen molar-refractivity contribution in [1.29, 1.82) is 0 Å². The molecule has 8 heteroatoms. The van der Waals surface area contributed by atoms with Crippen molar-refractivity contribution in [1.82, 2.24) is 4.90 Å². The van der Waals surface area contributed by atoms with Gasteiger partial charge in [0.25, 0.3) is 5.91 Å². The quantitative estimate of drug-likeness (QED) is 0.453. The first-order valence-electron chi connectivity index (χ1n) is 11.0. The predicted octanol–water partition coefficient (Wildman–Crippen LogP) is 5.65. The Balaban J connectivity index is 1.36. The number of aryl methyl sites for hydroxylation is 1. The van der Waals surface area contributed by atoms with Crippen LogP contribution in [0.15, 0.2) is 64.9 Å². The highest BCUT2D eigenvalue weighted by Crippen LogP contribution is 2.30. The lowest BCUT2D eigenvalue weighted by Crippen LogP contribution is -2.37. The number of hydrogen-bond acceptors (Lipinski definition) is 5. The Hall–Kier alpha value is -2.19. The van der Waals surface area contributed by atoms with E-state index in [1.807, 2.05) is 0 Å². The second-order valence-corrected chi connectivity index (χ2v) is 12.4. The molecule has 0 saturated carbocycles. The van der Waals surface area contributed by atoms with Gasteiger partial charge in [0.15, 0.2) is 9.84 Å². The van der Waals surface area contributed by atoms with E-state index in [-0.39, 0.29) is 17.6 Å². The van der Waals surface area contributed by atoms with Gasteiger partial charge in [0.2, 0.25) is 0 Å². The largest absolute Gasteiger partial charge is 0.314 e. The average Bonchev–Trinajstić information content (AvgIpc) is 3.25. The SMILES string of the molecule is Cc1ccc(CN2CCCC(CS(=O)(=O)c3ccc(NC(=O)c4ccc(Cl)cc4)s3)C2)cc1. The average molecular weight is 503 g/mol. The van der Waals surface area contributed by atoms with Crippen LogP contribution in [0.1, 0.15) is 34.3 Å². The Morgan fingerprint density at radius 2 is 1.82 bits per heavy atom. The smallest absolute Gasteiger partial charge is 0.256 e. The van der Waals surface area contributed by atoms with Gasteiger partial charge in [0.1, 0.15) is 4.21 Å². The van der Waals surface area contributed by atoms with Crippen LogP contribution in [-0.4, -0.2) is 38.1 Å². The van der Waals surface area contributed by atoms with Crippen LogP contribution in [-0.2, 0) is 16.4 Å². The van der Waals surface area contributed by atoms with E-state index in [0.29, 0.717) is 19.8 Å². The van der Waals surface area contributed by atoms with Crippen molar-refractivity contribution >= 4 is 43.7 Å². The first-order valence-corrected chi connectivity index (χ1v) is 13.8. The predicted molar refractivity (Wildman–Crippen MR) is 135 cm³/mol. The maximum Gasteiger partial charge on any atom is 0.256 e. The summed E-state index contributed by atoms with van der Waals surface area (Å²) in [5.41, 5.74) is 2.96. The maximum atomic E-state index is 13.1. The second kappa shape index (κ2) is 10.4. The molecule has 0 radical (unpaired) electrons. The number of nitrogens with one attached hydrogen (secondary N) is 1. The molecule has 1 unspecified atom stereocenters. The van der Waals surface area contributed by atoms with Crippen molar-refractivity contribution < 1.29 is 13.2 Å². The van der Waals surface area contributed by atoms with Crippen LogP contribution in [0.3, 0.4) is 0 Å². The molecule has 0 bridgehead atoms. The van der Waals surface area contributed by atoms with Gasteiger partial charge in [-0.15, -0.1) is 11.3 Å². The summed E-state index contributed by atoms with van der Waals surface area (Å²) < 4.78 is 26.4. The number of hydrogen-bond donors (Lipinski definition) is 1. The molecule has 2 heterocycles. The van der Waals surface area contributed by atoms with E-state index in [9.17, 15) is 13.2 Å². The summed E-state index contributed by atoms with van der Waals surface area (Å²) in [5.74, 6) is -0.0671. The van der Waals surface area contributed by atoms with Gasteiger partial charge in [-0.2, -0.15) is 0 Å². The van der Waals surface area contributed by atoms with Crippen molar-refractivity contribution in [2.24, 2.45) is 5.92 Å². The van der Waals surface area contributed by atoms with E-state index >= 15 is 0 Å². The van der Waals surface area contributed by atoms with Gasteiger partial charge in [0, 0.05) is 23.7 Å². The number of nitrogens with zero attached hydrogens (tertiary/aromatic N) is 1. The number of likely N-dealkylation sites (tertiary alicyclic amines) is 1. The van der Waals surface area contributed by atoms with E-state index in [2.05, 4.69) is 41.4 Å². The molecule has 5 nitrogen and oxygen atoms in total. The van der Waals surface area contributed by atoms with Crippen molar-refractivity contribution in [3.05, 3.63) is 82.4 Å². The number of sulfone groups is 1. The van der Waals surface area contributed by atoms with Crippen LogP contribution in [0, 0.1) is 12.8 Å². The Bertz CT molecular complexity index is 1210. The number of piperidine rings is 1. The zero-order valence-electron chi connectivity index (χ0n) is 18.5. The lowest BCUT2D eigenvalue weighted by molar-refractivity contribution is 0.102. The summed E-state index contributed by atoms with van der Waals surface area (Å²) in [6, 6.07) is 18.3. The third-order valence-corrected chi connectivity index (χ3v) is 9.53. The van der Waals surface area contributed by atoms with Crippen molar-refractivity contribution in [3.8, 4) is 0 Å². The fraction of sp³-hybridized carbons (Fsp3) is 0.320. The van der Waals surface area contributed by atoms with E-state index in [0.717, 1.165) is 43.8 Å². The number of carbonyl (C=O) groups is 1. The molecule has 1 saturated heterocycles. The molecular formula is C25H27ClN2O3S2. The molecule has 4 rings (SSSR count). The summed E-state index contributed by atoms with van der Waals surface area (Å²) in [5, 5.41) is 3.84. The summed E-state index contributed by atoms with van der Waals surface area (Å²) in [6.45, 7) is 4.68. The van der Waals surface area contributed by atoms with Gasteiger partial charge < -0.3 is 5.32 Å². The standard InChI is InChI=1S/C25H27ClN2O3S2/c1-18-4-6-19(7-5-18)15-28-14-2-3-20(16-28)17-33(30,31)24-13-12-23(32-24)27-25(29)21-8-10-22(26)11-9-21/h4-13,20H,2-3,14-17H2,1H3,(H,27,29). The first kappa shape index (κ1) is 24.0. The highest BCUT2D eigenvalue weighted by molar-refractivity contribution is 7.93. The molecule has 1 aliphatic heterocycles. The molecule has 1 aliphatic rings. The minimum absolute atomic E-state index is 0.100. The van der Waals surface area contributed by atoms with Crippen LogP contribution >= 0.6 is 22.9 Å². The Labute approximate surface area is 204 Å². The second-order valence-electron chi connectivity index (χ2n) is 8.59. The van der Waals surface area contributed by atoms with Crippen LogP contribution < -0.4 is 5.32 Å². The maximum absolute atomic E-state index is 13.1. The van der Waals surface area contributed by atoms with Crippen LogP contribution in [0.4, 0.5) is 5.00 Å². The van der Waals surface area contributed by atoms with Gasteiger partial charge >= 0.3 is 0 Å². The normalized spacial score (nSPS) is 17.1.